The molecule has 0 fully saturated rings. The molecule has 0 aliphatic heterocycles. The van der Waals surface area contributed by atoms with Crippen molar-refractivity contribution >= 4 is 35.8 Å². The summed E-state index contributed by atoms with van der Waals surface area (Å²) in [5.74, 6) is 2.41. The second kappa shape index (κ2) is 12.1. The van der Waals surface area contributed by atoms with Gasteiger partial charge in [0.1, 0.15) is 18.1 Å². The maximum absolute atomic E-state index is 12.5. The third kappa shape index (κ3) is 9.32. The maximum atomic E-state index is 12.5. The number of hydrogen-bond acceptors (Lipinski definition) is 5. The molecule has 0 aliphatic rings. The molecule has 0 atom stereocenters. The van der Waals surface area contributed by atoms with Crippen LogP contribution in [-0.2, 0) is 18.1 Å². The van der Waals surface area contributed by atoms with Crippen molar-refractivity contribution in [1.29, 1.82) is 0 Å². The van der Waals surface area contributed by atoms with Crippen LogP contribution in [0.25, 0.3) is 0 Å². The summed E-state index contributed by atoms with van der Waals surface area (Å²) >= 11 is 0. The molecule has 7 nitrogen and oxygen atoms in total. The molecule has 0 radical (unpaired) electrons. The molecule has 0 saturated heterocycles. The first-order valence-electron chi connectivity index (χ1n) is 9.84. The number of nitrogens with one attached hydrogen (secondary N) is 3. The fourth-order valence-electron chi connectivity index (χ4n) is 2.40. The van der Waals surface area contributed by atoms with Crippen LogP contribution in [-0.4, -0.2) is 35.6 Å². The highest BCUT2D eigenvalue weighted by atomic mass is 127. The van der Waals surface area contributed by atoms with Crippen molar-refractivity contribution in [3.05, 3.63) is 41.7 Å². The van der Waals surface area contributed by atoms with Gasteiger partial charge in [0, 0.05) is 31.2 Å². The Hall–Kier alpha value is -2.05. The Morgan fingerprint density at radius 2 is 1.81 bits per heavy atom. The normalized spacial score (nSPS) is 12.3. The minimum Gasteiger partial charge on any atom is -0.443 e. The lowest BCUT2D eigenvalue weighted by Crippen LogP contribution is -2.38. The molecular formula is C20H30F3IN6O. The van der Waals surface area contributed by atoms with E-state index in [0.29, 0.717) is 43.8 Å². The van der Waals surface area contributed by atoms with E-state index in [-0.39, 0.29) is 29.4 Å². The van der Waals surface area contributed by atoms with E-state index in [2.05, 4.69) is 51.7 Å². The monoisotopic (exact) mass is 554 g/mol. The summed E-state index contributed by atoms with van der Waals surface area (Å²) in [6.07, 6.45) is -1.10. The molecule has 0 aromatic carbocycles. The van der Waals surface area contributed by atoms with Crippen molar-refractivity contribution in [2.75, 3.05) is 25.0 Å². The van der Waals surface area contributed by atoms with Gasteiger partial charge in [-0.1, -0.05) is 20.8 Å². The number of hydrogen-bond donors (Lipinski definition) is 3. The molecule has 2 heterocycles. The van der Waals surface area contributed by atoms with Gasteiger partial charge in [0.2, 0.25) is 5.89 Å². The summed E-state index contributed by atoms with van der Waals surface area (Å²) in [4.78, 5) is 12.5. The Bertz CT molecular complexity index is 816. The van der Waals surface area contributed by atoms with Gasteiger partial charge in [-0.2, -0.15) is 13.2 Å². The number of halogens is 4. The Morgan fingerprint density at radius 3 is 2.35 bits per heavy atom. The van der Waals surface area contributed by atoms with Gasteiger partial charge in [-0.05, 0) is 25.5 Å². The molecule has 0 aliphatic carbocycles. The van der Waals surface area contributed by atoms with Crippen molar-refractivity contribution in [2.45, 2.75) is 52.3 Å². The molecule has 0 saturated carbocycles. The number of alkyl halides is 3. The molecular weight excluding hydrogens is 524 g/mol. The van der Waals surface area contributed by atoms with Gasteiger partial charge >= 0.3 is 6.18 Å². The molecule has 0 amide bonds. The number of aromatic nitrogens is 2. The topological polar surface area (TPSA) is 87.4 Å². The first-order chi connectivity index (χ1) is 14.1. The third-order valence-corrected chi connectivity index (χ3v) is 4.05. The lowest BCUT2D eigenvalue weighted by atomic mass is 9.94. The van der Waals surface area contributed by atoms with Crippen LogP contribution in [0.5, 0.6) is 0 Å². The van der Waals surface area contributed by atoms with Crippen LogP contribution in [0.15, 0.2) is 33.9 Å². The van der Waals surface area contributed by atoms with E-state index in [9.17, 15) is 13.2 Å². The zero-order valence-electron chi connectivity index (χ0n) is 18.1. The molecule has 11 heteroatoms. The number of oxazole rings is 1. The van der Waals surface area contributed by atoms with E-state index in [1.165, 1.54) is 6.07 Å². The largest absolute Gasteiger partial charge is 0.443 e. The quantitative estimate of drug-likeness (QED) is 0.192. The van der Waals surface area contributed by atoms with Gasteiger partial charge in [-0.3, -0.25) is 0 Å². The number of pyridine rings is 1. The first-order valence-corrected chi connectivity index (χ1v) is 9.84. The van der Waals surface area contributed by atoms with Crippen LogP contribution in [0.4, 0.5) is 19.0 Å². The fourth-order valence-corrected chi connectivity index (χ4v) is 2.40. The van der Waals surface area contributed by atoms with Crippen LogP contribution in [0, 0.1) is 0 Å². The van der Waals surface area contributed by atoms with Crippen molar-refractivity contribution in [2.24, 2.45) is 4.99 Å². The summed E-state index contributed by atoms with van der Waals surface area (Å²) in [5.41, 5.74) is -0.867. The third-order valence-electron chi connectivity index (χ3n) is 4.05. The van der Waals surface area contributed by atoms with Gasteiger partial charge in [0.15, 0.2) is 5.96 Å². The number of nitrogens with zero attached hydrogens (tertiary/aromatic N) is 3. The zero-order valence-corrected chi connectivity index (χ0v) is 20.5. The van der Waals surface area contributed by atoms with Crippen LogP contribution in [0.3, 0.4) is 0 Å². The minimum atomic E-state index is -4.38. The van der Waals surface area contributed by atoms with Crippen molar-refractivity contribution in [3.63, 3.8) is 0 Å². The maximum Gasteiger partial charge on any atom is 0.417 e. The smallest absolute Gasteiger partial charge is 0.417 e. The molecule has 2 aromatic rings. The second-order valence-corrected chi connectivity index (χ2v) is 7.70. The second-order valence-electron chi connectivity index (χ2n) is 7.70. The van der Waals surface area contributed by atoms with Crippen molar-refractivity contribution < 1.29 is 17.6 Å². The van der Waals surface area contributed by atoms with Crippen molar-refractivity contribution in [1.82, 2.24) is 20.6 Å². The molecule has 0 spiro atoms. The van der Waals surface area contributed by atoms with E-state index < -0.39 is 11.7 Å². The van der Waals surface area contributed by atoms with Gasteiger partial charge in [0.05, 0.1) is 11.8 Å². The van der Waals surface area contributed by atoms with E-state index in [0.717, 1.165) is 24.4 Å². The lowest BCUT2D eigenvalue weighted by Gasteiger charge is -2.13. The average molecular weight is 554 g/mol. The molecule has 31 heavy (non-hydrogen) atoms. The summed E-state index contributed by atoms with van der Waals surface area (Å²) in [6, 6.07) is 2.33. The van der Waals surface area contributed by atoms with Crippen LogP contribution in [0.2, 0.25) is 0 Å². The summed E-state index contributed by atoms with van der Waals surface area (Å²) in [6.45, 7) is 10.3. The zero-order chi connectivity index (χ0) is 22.2. The minimum absolute atomic E-state index is 0. The highest BCUT2D eigenvalue weighted by molar-refractivity contribution is 14.0. The summed E-state index contributed by atoms with van der Waals surface area (Å²) < 4.78 is 43.4. The highest BCUT2D eigenvalue weighted by Crippen LogP contribution is 2.28. The number of aliphatic imine (C=N–C) groups is 1. The Balaban J connectivity index is 0.00000480. The van der Waals surface area contributed by atoms with E-state index in [4.69, 9.17) is 4.42 Å². The van der Waals surface area contributed by atoms with Crippen LogP contribution in [0.1, 0.15) is 51.3 Å². The Kier molecular flexibility index (Phi) is 10.5. The Labute approximate surface area is 197 Å². The van der Waals surface area contributed by atoms with Crippen LogP contribution >= 0.6 is 24.0 Å². The number of rotatable bonds is 8. The summed E-state index contributed by atoms with van der Waals surface area (Å²) in [5, 5.41) is 9.35. The standard InChI is InChI=1S/C20H29F3N6O.HI/c1-5-24-18(29-13-17-28-12-15(30-17)19(2,3)4)26-10-6-9-25-16-8-7-14(11-27-16)20(21,22)23;/h7-8,11-12H,5-6,9-10,13H2,1-4H3,(H,25,27)(H2,24,26,29);1H. The van der Waals surface area contributed by atoms with E-state index in [1.54, 1.807) is 6.20 Å². The van der Waals surface area contributed by atoms with Gasteiger partial charge in [-0.25, -0.2) is 15.0 Å². The molecule has 3 N–H and O–H groups in total. The first kappa shape index (κ1) is 27.0. The molecule has 2 aromatic heterocycles. The molecule has 2 rings (SSSR count). The SMILES string of the molecule is CCNC(=NCc1ncc(C(C)(C)C)o1)NCCCNc1ccc(C(F)(F)F)cn1.I. The van der Waals surface area contributed by atoms with Gasteiger partial charge in [-0.15, -0.1) is 24.0 Å². The molecule has 0 unspecified atom stereocenters. The average Bonchev–Trinajstić information content (AvgIpc) is 3.15. The fraction of sp³-hybridized carbons (Fsp3) is 0.550. The Morgan fingerprint density at radius 1 is 1.06 bits per heavy atom. The van der Waals surface area contributed by atoms with E-state index >= 15 is 0 Å². The van der Waals surface area contributed by atoms with Crippen molar-refractivity contribution in [3.8, 4) is 0 Å². The summed E-state index contributed by atoms with van der Waals surface area (Å²) in [7, 11) is 0. The number of anilines is 1. The molecule has 0 bridgehead atoms. The highest BCUT2D eigenvalue weighted by Gasteiger charge is 2.30. The number of guanidine groups is 1. The lowest BCUT2D eigenvalue weighted by molar-refractivity contribution is -0.137. The van der Waals surface area contributed by atoms with Crippen LogP contribution < -0.4 is 16.0 Å². The van der Waals surface area contributed by atoms with Gasteiger partial charge < -0.3 is 20.4 Å². The predicted molar refractivity (Wildman–Crippen MR) is 126 cm³/mol. The van der Waals surface area contributed by atoms with Gasteiger partial charge in [0.25, 0.3) is 0 Å². The molecule has 174 valence electrons. The van der Waals surface area contributed by atoms with E-state index in [1.807, 2.05) is 6.92 Å². The predicted octanol–water partition coefficient (Wildman–Crippen LogP) is 4.56.